The molecule has 158 valence electrons. The second-order valence-electron chi connectivity index (χ2n) is 6.65. The van der Waals surface area contributed by atoms with Crippen LogP contribution in [0, 0.1) is 11.7 Å². The fourth-order valence-electron chi connectivity index (χ4n) is 3.18. The summed E-state index contributed by atoms with van der Waals surface area (Å²) in [5, 5.41) is 2.11. The molecule has 8 nitrogen and oxygen atoms in total. The van der Waals surface area contributed by atoms with E-state index in [1.165, 1.54) is 4.31 Å². The summed E-state index contributed by atoms with van der Waals surface area (Å²) < 4.78 is 39.9. The number of carbonyl (C=O) groups is 3. The van der Waals surface area contributed by atoms with Gasteiger partial charge in [-0.25, -0.2) is 12.8 Å². The molecule has 2 aliphatic heterocycles. The van der Waals surface area contributed by atoms with Crippen LogP contribution in [0.25, 0.3) is 0 Å². The summed E-state index contributed by atoms with van der Waals surface area (Å²) in [6.45, 7) is 0.572. The molecule has 3 rings (SSSR count). The number of piperidine rings is 1. The Morgan fingerprint density at radius 1 is 1.28 bits per heavy atom. The highest BCUT2D eigenvalue weighted by Crippen LogP contribution is 2.26. The first kappa shape index (κ1) is 22.0. The SMILES string of the molecule is O=C(NCCN1C(=O)CSC1=O)C1CCN(S(=O)(=O)c2ccc(F)c(Cl)c2)CC1. The van der Waals surface area contributed by atoms with Crippen LogP contribution in [0.5, 0.6) is 0 Å². The van der Waals surface area contributed by atoms with E-state index in [0.29, 0.717) is 12.8 Å². The lowest BCUT2D eigenvalue weighted by molar-refractivity contribution is -0.127. The molecular formula is C17H19ClFN3O5S2. The van der Waals surface area contributed by atoms with E-state index in [2.05, 4.69) is 5.32 Å². The highest BCUT2D eigenvalue weighted by Gasteiger charge is 2.33. The maximum atomic E-state index is 13.3. The third-order valence-electron chi connectivity index (χ3n) is 4.83. The monoisotopic (exact) mass is 463 g/mol. The van der Waals surface area contributed by atoms with Crippen LogP contribution in [-0.4, -0.2) is 66.6 Å². The molecular weight excluding hydrogens is 445 g/mol. The van der Waals surface area contributed by atoms with Gasteiger partial charge in [0.05, 0.1) is 15.7 Å². The van der Waals surface area contributed by atoms with Gasteiger partial charge in [-0.2, -0.15) is 4.31 Å². The zero-order valence-corrected chi connectivity index (χ0v) is 17.7. The van der Waals surface area contributed by atoms with Gasteiger partial charge in [-0.3, -0.25) is 19.3 Å². The first-order chi connectivity index (χ1) is 13.7. The van der Waals surface area contributed by atoms with Crippen molar-refractivity contribution in [1.82, 2.24) is 14.5 Å². The summed E-state index contributed by atoms with van der Waals surface area (Å²) in [6.07, 6.45) is 0.662. The highest BCUT2D eigenvalue weighted by molar-refractivity contribution is 8.14. The zero-order valence-electron chi connectivity index (χ0n) is 15.3. The van der Waals surface area contributed by atoms with Gasteiger partial charge < -0.3 is 5.32 Å². The number of benzene rings is 1. The Morgan fingerprint density at radius 3 is 2.55 bits per heavy atom. The molecule has 0 bridgehead atoms. The van der Waals surface area contributed by atoms with Gasteiger partial charge in [-0.05, 0) is 31.0 Å². The highest BCUT2D eigenvalue weighted by atomic mass is 35.5. The quantitative estimate of drug-likeness (QED) is 0.688. The van der Waals surface area contributed by atoms with Crippen LogP contribution >= 0.6 is 23.4 Å². The van der Waals surface area contributed by atoms with Crippen LogP contribution in [0.2, 0.25) is 5.02 Å². The molecule has 0 aromatic heterocycles. The summed E-state index contributed by atoms with van der Waals surface area (Å²) in [4.78, 5) is 36.4. The molecule has 2 fully saturated rings. The molecule has 29 heavy (non-hydrogen) atoms. The van der Waals surface area contributed by atoms with Crippen LogP contribution in [-0.2, 0) is 19.6 Å². The summed E-state index contributed by atoms with van der Waals surface area (Å²) in [6, 6.07) is 3.24. The van der Waals surface area contributed by atoms with E-state index >= 15 is 0 Å². The van der Waals surface area contributed by atoms with E-state index in [1.807, 2.05) is 0 Å². The molecule has 0 unspecified atom stereocenters. The molecule has 0 spiro atoms. The van der Waals surface area contributed by atoms with Gasteiger partial charge >= 0.3 is 0 Å². The maximum Gasteiger partial charge on any atom is 0.288 e. The number of nitrogens with one attached hydrogen (secondary N) is 1. The van der Waals surface area contributed by atoms with E-state index < -0.39 is 15.8 Å². The number of imide groups is 1. The van der Waals surface area contributed by atoms with Crippen LogP contribution in [0.3, 0.4) is 0 Å². The number of amides is 3. The Morgan fingerprint density at radius 2 is 1.97 bits per heavy atom. The second-order valence-corrected chi connectivity index (χ2v) is 9.92. The number of hydrogen-bond acceptors (Lipinski definition) is 6. The fraction of sp³-hybridized carbons (Fsp3) is 0.471. The van der Waals surface area contributed by atoms with Crippen molar-refractivity contribution < 1.29 is 27.2 Å². The lowest BCUT2D eigenvalue weighted by Gasteiger charge is -2.30. The van der Waals surface area contributed by atoms with Crippen molar-refractivity contribution in [3.8, 4) is 0 Å². The van der Waals surface area contributed by atoms with Gasteiger partial charge in [-0.1, -0.05) is 23.4 Å². The van der Waals surface area contributed by atoms with Gasteiger partial charge in [0, 0.05) is 32.1 Å². The molecule has 0 atom stereocenters. The third kappa shape index (κ3) is 4.90. The minimum absolute atomic E-state index is 0.0929. The molecule has 1 N–H and O–H groups in total. The predicted octanol–water partition coefficient (Wildman–Crippen LogP) is 1.69. The Kier molecular flexibility index (Phi) is 6.82. The van der Waals surface area contributed by atoms with E-state index in [4.69, 9.17) is 11.6 Å². The Labute approximate surface area is 176 Å². The average Bonchev–Trinajstić information content (AvgIpc) is 3.02. The molecule has 2 saturated heterocycles. The van der Waals surface area contributed by atoms with Crippen molar-refractivity contribution in [2.75, 3.05) is 31.9 Å². The van der Waals surface area contributed by atoms with Gasteiger partial charge in [0.25, 0.3) is 5.24 Å². The van der Waals surface area contributed by atoms with Crippen LogP contribution in [0.15, 0.2) is 23.1 Å². The largest absolute Gasteiger partial charge is 0.354 e. The summed E-state index contributed by atoms with van der Waals surface area (Å²) in [5.74, 6) is -1.44. The standard InChI is InChI=1S/C17H19ClFN3O5S2/c18-13-9-12(1-2-14(13)19)29(26,27)21-6-3-11(4-7-21)16(24)20-5-8-22-15(23)10-28-17(22)25/h1-2,9,11H,3-8,10H2,(H,20,24). The van der Waals surface area contributed by atoms with Crippen molar-refractivity contribution in [3.63, 3.8) is 0 Å². The Bertz CT molecular complexity index is 919. The van der Waals surface area contributed by atoms with Gasteiger partial charge in [0.2, 0.25) is 21.8 Å². The topological polar surface area (TPSA) is 104 Å². The molecule has 1 aromatic rings. The van der Waals surface area contributed by atoms with Crippen molar-refractivity contribution in [3.05, 3.63) is 29.0 Å². The number of halogens is 2. The number of rotatable bonds is 6. The van der Waals surface area contributed by atoms with Gasteiger partial charge in [0.15, 0.2) is 0 Å². The van der Waals surface area contributed by atoms with E-state index in [1.54, 1.807) is 0 Å². The van der Waals surface area contributed by atoms with Gasteiger partial charge in [0.1, 0.15) is 5.82 Å². The van der Waals surface area contributed by atoms with Crippen molar-refractivity contribution in [1.29, 1.82) is 0 Å². The lowest BCUT2D eigenvalue weighted by Crippen LogP contribution is -2.44. The molecule has 2 heterocycles. The molecule has 0 aliphatic carbocycles. The maximum absolute atomic E-state index is 13.3. The summed E-state index contributed by atoms with van der Waals surface area (Å²) >= 11 is 6.62. The number of nitrogens with zero attached hydrogens (tertiary/aromatic N) is 2. The first-order valence-corrected chi connectivity index (χ1v) is 11.7. The first-order valence-electron chi connectivity index (χ1n) is 8.90. The normalized spacial score (nSPS) is 19.0. The molecule has 0 saturated carbocycles. The van der Waals surface area contributed by atoms with Crippen LogP contribution < -0.4 is 5.32 Å². The molecule has 1 aromatic carbocycles. The van der Waals surface area contributed by atoms with Crippen LogP contribution in [0.4, 0.5) is 9.18 Å². The summed E-state index contributed by atoms with van der Waals surface area (Å²) in [7, 11) is -3.82. The van der Waals surface area contributed by atoms with Gasteiger partial charge in [-0.15, -0.1) is 0 Å². The minimum atomic E-state index is -3.82. The molecule has 2 aliphatic rings. The van der Waals surface area contributed by atoms with E-state index in [9.17, 15) is 27.2 Å². The molecule has 3 amide bonds. The van der Waals surface area contributed by atoms with Crippen LogP contribution in [0.1, 0.15) is 12.8 Å². The number of carbonyl (C=O) groups excluding carboxylic acids is 3. The zero-order chi connectivity index (χ0) is 21.2. The minimum Gasteiger partial charge on any atom is -0.354 e. The van der Waals surface area contributed by atoms with Crippen molar-refractivity contribution >= 4 is 50.4 Å². The number of hydrogen-bond donors (Lipinski definition) is 1. The smallest absolute Gasteiger partial charge is 0.288 e. The Hall–Kier alpha value is -1.69. The number of sulfonamides is 1. The predicted molar refractivity (Wildman–Crippen MR) is 105 cm³/mol. The summed E-state index contributed by atoms with van der Waals surface area (Å²) in [5.41, 5.74) is 0. The Balaban J connectivity index is 1.50. The van der Waals surface area contributed by atoms with Crippen molar-refractivity contribution in [2.24, 2.45) is 5.92 Å². The fourth-order valence-corrected chi connectivity index (χ4v) is 5.67. The number of thioether (sulfide) groups is 1. The van der Waals surface area contributed by atoms with Crippen molar-refractivity contribution in [2.45, 2.75) is 17.7 Å². The molecule has 0 radical (unpaired) electrons. The molecule has 12 heteroatoms. The van der Waals surface area contributed by atoms with E-state index in [0.717, 1.165) is 34.9 Å². The third-order valence-corrected chi connectivity index (χ3v) is 7.87. The second kappa shape index (κ2) is 8.99. The lowest BCUT2D eigenvalue weighted by atomic mass is 9.97. The van der Waals surface area contributed by atoms with E-state index in [-0.39, 0.29) is 64.8 Å². The average molecular weight is 464 g/mol.